The van der Waals surface area contributed by atoms with Crippen molar-refractivity contribution in [1.82, 2.24) is 15.2 Å². The van der Waals surface area contributed by atoms with Gasteiger partial charge in [0.1, 0.15) is 12.1 Å². The third-order valence-electron chi connectivity index (χ3n) is 4.44. The highest BCUT2D eigenvalue weighted by atomic mass is 16.4. The smallest absolute Gasteiger partial charge is 0.407 e. The summed E-state index contributed by atoms with van der Waals surface area (Å²) in [5.41, 5.74) is 0. The molecular weight excluding hydrogens is 296 g/mol. The zero-order valence-electron chi connectivity index (χ0n) is 13.4. The van der Waals surface area contributed by atoms with Crippen LogP contribution in [0.2, 0.25) is 0 Å². The molecule has 1 amide bonds. The lowest BCUT2D eigenvalue weighted by molar-refractivity contribution is -0.108. The van der Waals surface area contributed by atoms with Gasteiger partial charge in [0.05, 0.1) is 6.54 Å². The Morgan fingerprint density at radius 2 is 2.26 bits per heavy atom. The Hall–Kier alpha value is -2.15. The van der Waals surface area contributed by atoms with Gasteiger partial charge in [0.2, 0.25) is 0 Å². The molecule has 23 heavy (non-hydrogen) atoms. The number of pyridine rings is 1. The Morgan fingerprint density at radius 3 is 2.78 bits per heavy atom. The van der Waals surface area contributed by atoms with Gasteiger partial charge in [0, 0.05) is 31.9 Å². The topological polar surface area (TPSA) is 85.8 Å². The fourth-order valence-electron chi connectivity index (χ4n) is 3.11. The van der Waals surface area contributed by atoms with E-state index in [1.807, 2.05) is 25.2 Å². The summed E-state index contributed by atoms with van der Waals surface area (Å²) >= 11 is 0. The molecule has 0 radical (unpaired) electrons. The molecule has 0 bridgehead atoms. The predicted octanol–water partition coefficient (Wildman–Crippen LogP) is 1.06. The van der Waals surface area contributed by atoms with Crippen LogP contribution in [0.3, 0.4) is 0 Å². The van der Waals surface area contributed by atoms with Gasteiger partial charge in [-0.3, -0.25) is 4.90 Å². The van der Waals surface area contributed by atoms with Gasteiger partial charge in [-0.05, 0) is 37.9 Å². The molecule has 1 aliphatic rings. The summed E-state index contributed by atoms with van der Waals surface area (Å²) in [7, 11) is 1.84. The van der Waals surface area contributed by atoms with Crippen LogP contribution in [-0.2, 0) is 4.79 Å². The Morgan fingerprint density at radius 1 is 1.52 bits per heavy atom. The van der Waals surface area contributed by atoms with Crippen molar-refractivity contribution in [3.05, 3.63) is 24.4 Å². The van der Waals surface area contributed by atoms with Crippen molar-refractivity contribution in [3.63, 3.8) is 0 Å². The summed E-state index contributed by atoms with van der Waals surface area (Å²) < 4.78 is 0. The first kappa shape index (κ1) is 17.2. The van der Waals surface area contributed by atoms with Crippen LogP contribution in [0.25, 0.3) is 0 Å². The maximum Gasteiger partial charge on any atom is 0.407 e. The molecular formula is C16H24N4O3. The minimum atomic E-state index is -1.05. The van der Waals surface area contributed by atoms with Crippen molar-refractivity contribution in [2.75, 3.05) is 38.1 Å². The molecule has 7 nitrogen and oxygen atoms in total. The van der Waals surface area contributed by atoms with Crippen molar-refractivity contribution in [2.45, 2.75) is 18.9 Å². The molecule has 126 valence electrons. The third-order valence-corrected chi connectivity index (χ3v) is 4.44. The number of nitrogens with zero attached hydrogens (tertiary/aromatic N) is 3. The SMILES string of the molecule is CNC(CN(CC=O)C(=O)O)C1CCN(c2ccccn2)CC1. The first-order chi connectivity index (χ1) is 11.2. The molecule has 2 rings (SSSR count). The summed E-state index contributed by atoms with van der Waals surface area (Å²) in [5, 5.41) is 12.4. The molecule has 1 aromatic rings. The number of hydrogen-bond donors (Lipinski definition) is 2. The third kappa shape index (κ3) is 4.66. The van der Waals surface area contributed by atoms with Crippen LogP contribution >= 0.6 is 0 Å². The minimum Gasteiger partial charge on any atom is -0.465 e. The number of piperidine rings is 1. The average molecular weight is 320 g/mol. The highest BCUT2D eigenvalue weighted by molar-refractivity contribution is 5.69. The van der Waals surface area contributed by atoms with Crippen LogP contribution < -0.4 is 10.2 Å². The van der Waals surface area contributed by atoms with Gasteiger partial charge >= 0.3 is 6.09 Å². The standard InChI is InChI=1S/C16H24N4O3/c1-17-14(12-20(10-11-21)16(22)23)13-5-8-19(9-6-13)15-4-2-3-7-18-15/h2-4,7,11,13-14,17H,5-6,8-10,12H2,1H3,(H,22,23). The Kier molecular flexibility index (Phi) is 6.34. The molecule has 0 aliphatic carbocycles. The van der Waals surface area contributed by atoms with Crippen LogP contribution in [0.4, 0.5) is 10.6 Å². The maximum absolute atomic E-state index is 11.2. The van der Waals surface area contributed by atoms with Crippen LogP contribution in [0, 0.1) is 5.92 Å². The second kappa shape index (κ2) is 8.47. The summed E-state index contributed by atoms with van der Waals surface area (Å²) in [6.07, 6.45) is 3.31. The molecule has 1 saturated heterocycles. The quantitative estimate of drug-likeness (QED) is 0.731. The van der Waals surface area contributed by atoms with Crippen LogP contribution in [-0.4, -0.2) is 66.6 Å². The molecule has 7 heteroatoms. The van der Waals surface area contributed by atoms with Crippen molar-refractivity contribution in [1.29, 1.82) is 0 Å². The number of hydrogen-bond acceptors (Lipinski definition) is 5. The van der Waals surface area contributed by atoms with Crippen LogP contribution in [0.5, 0.6) is 0 Å². The lowest BCUT2D eigenvalue weighted by Crippen LogP contribution is -2.49. The molecule has 1 fully saturated rings. The largest absolute Gasteiger partial charge is 0.465 e. The predicted molar refractivity (Wildman–Crippen MR) is 87.7 cm³/mol. The number of carbonyl (C=O) groups is 2. The Labute approximate surface area is 136 Å². The number of aromatic nitrogens is 1. The van der Waals surface area contributed by atoms with E-state index in [-0.39, 0.29) is 12.6 Å². The molecule has 1 atom stereocenters. The van der Waals surface area contributed by atoms with E-state index in [2.05, 4.69) is 15.2 Å². The van der Waals surface area contributed by atoms with E-state index < -0.39 is 6.09 Å². The van der Waals surface area contributed by atoms with Crippen molar-refractivity contribution >= 4 is 18.2 Å². The fraction of sp³-hybridized carbons (Fsp3) is 0.562. The molecule has 2 N–H and O–H groups in total. The highest BCUT2D eigenvalue weighted by Gasteiger charge is 2.28. The van der Waals surface area contributed by atoms with E-state index in [1.54, 1.807) is 6.20 Å². The van der Waals surface area contributed by atoms with E-state index >= 15 is 0 Å². The maximum atomic E-state index is 11.2. The summed E-state index contributed by atoms with van der Waals surface area (Å²) in [5.74, 6) is 1.37. The van der Waals surface area contributed by atoms with Crippen LogP contribution in [0.1, 0.15) is 12.8 Å². The van der Waals surface area contributed by atoms with E-state index in [4.69, 9.17) is 5.11 Å². The van der Waals surface area contributed by atoms with E-state index in [0.717, 1.165) is 31.7 Å². The molecule has 1 aliphatic heterocycles. The summed E-state index contributed by atoms with van der Waals surface area (Å²) in [4.78, 5) is 29.6. The molecule has 0 spiro atoms. The Bertz CT molecular complexity index is 503. The van der Waals surface area contributed by atoms with Gasteiger partial charge in [-0.2, -0.15) is 0 Å². The van der Waals surface area contributed by atoms with Gasteiger partial charge in [-0.25, -0.2) is 9.78 Å². The fourth-order valence-corrected chi connectivity index (χ4v) is 3.11. The number of carbonyl (C=O) groups excluding carboxylic acids is 1. The highest BCUT2D eigenvalue weighted by Crippen LogP contribution is 2.24. The van der Waals surface area contributed by atoms with Gasteiger partial charge < -0.3 is 20.1 Å². The minimum absolute atomic E-state index is 0.0527. The number of anilines is 1. The molecule has 1 unspecified atom stereocenters. The summed E-state index contributed by atoms with van der Waals surface area (Å²) in [6.45, 7) is 2.06. The second-order valence-corrected chi connectivity index (χ2v) is 5.76. The van der Waals surface area contributed by atoms with Gasteiger partial charge in [0.15, 0.2) is 0 Å². The zero-order valence-corrected chi connectivity index (χ0v) is 13.4. The normalized spacial score (nSPS) is 16.8. The summed E-state index contributed by atoms with van der Waals surface area (Å²) in [6, 6.07) is 5.94. The van der Waals surface area contributed by atoms with Crippen LogP contribution in [0.15, 0.2) is 24.4 Å². The lowest BCUT2D eigenvalue weighted by atomic mass is 9.89. The molecule has 0 saturated carbocycles. The van der Waals surface area contributed by atoms with Crippen molar-refractivity contribution in [2.24, 2.45) is 5.92 Å². The first-order valence-corrected chi connectivity index (χ1v) is 7.90. The number of amides is 1. The lowest BCUT2D eigenvalue weighted by Gasteiger charge is -2.37. The number of rotatable bonds is 7. The van der Waals surface area contributed by atoms with Gasteiger partial charge in [0.25, 0.3) is 0 Å². The van der Waals surface area contributed by atoms with Crippen molar-refractivity contribution < 1.29 is 14.7 Å². The number of aldehydes is 1. The first-order valence-electron chi connectivity index (χ1n) is 7.90. The molecule has 0 aromatic carbocycles. The molecule has 2 heterocycles. The van der Waals surface area contributed by atoms with Gasteiger partial charge in [-0.15, -0.1) is 0 Å². The van der Waals surface area contributed by atoms with Gasteiger partial charge in [-0.1, -0.05) is 6.07 Å². The van der Waals surface area contributed by atoms with E-state index in [0.29, 0.717) is 18.7 Å². The number of nitrogens with one attached hydrogen (secondary N) is 1. The average Bonchev–Trinajstić information content (AvgIpc) is 2.59. The van der Waals surface area contributed by atoms with E-state index in [1.165, 1.54) is 4.90 Å². The van der Waals surface area contributed by atoms with E-state index in [9.17, 15) is 9.59 Å². The van der Waals surface area contributed by atoms with Crippen molar-refractivity contribution in [3.8, 4) is 0 Å². The Balaban J connectivity index is 1.91. The number of carboxylic acid groups (broad SMARTS) is 1. The second-order valence-electron chi connectivity index (χ2n) is 5.76. The monoisotopic (exact) mass is 320 g/mol. The number of likely N-dealkylation sites (N-methyl/N-ethyl adjacent to an activating group) is 1. The zero-order chi connectivity index (χ0) is 16.7. The molecule has 1 aromatic heterocycles.